The molecule has 2 aliphatic heterocycles. The number of hydrogen-bond acceptors (Lipinski definition) is 7. The Morgan fingerprint density at radius 1 is 1.42 bits per heavy atom. The molecule has 0 aliphatic carbocycles. The molecule has 1 amide bonds. The van der Waals surface area contributed by atoms with Gasteiger partial charge in [-0.1, -0.05) is 0 Å². The van der Waals surface area contributed by atoms with Gasteiger partial charge in [-0.3, -0.25) is 9.79 Å². The van der Waals surface area contributed by atoms with E-state index in [1.54, 1.807) is 11.4 Å². The minimum Gasteiger partial charge on any atom is -0.396 e. The van der Waals surface area contributed by atoms with E-state index >= 15 is 0 Å². The van der Waals surface area contributed by atoms with E-state index < -0.39 is 6.29 Å². The number of halogens is 2. The molecule has 1 aromatic heterocycles. The molecule has 0 bridgehead atoms. The maximum Gasteiger partial charge on any atom is 0.586 e. The molecule has 4 N–H and O–H groups in total. The third kappa shape index (κ3) is 3.65. The van der Waals surface area contributed by atoms with Crippen LogP contribution in [0.3, 0.4) is 0 Å². The third-order valence-electron chi connectivity index (χ3n) is 3.21. The Labute approximate surface area is 139 Å². The number of nitrogens with zero attached hydrogens (tertiary/aromatic N) is 1. The Kier molecular flexibility index (Phi) is 4.38. The van der Waals surface area contributed by atoms with Gasteiger partial charge in [0.1, 0.15) is 5.84 Å². The van der Waals surface area contributed by atoms with Crippen molar-refractivity contribution < 1.29 is 23.0 Å². The van der Waals surface area contributed by atoms with E-state index in [2.05, 4.69) is 25.1 Å². The summed E-state index contributed by atoms with van der Waals surface area (Å²) in [6.07, 6.45) is -0.845. The van der Waals surface area contributed by atoms with Crippen LogP contribution in [0.2, 0.25) is 0 Å². The predicted octanol–water partition coefficient (Wildman–Crippen LogP) is 1.43. The zero-order valence-electron chi connectivity index (χ0n) is 12.3. The number of hydrogen-bond donors (Lipinski definition) is 3. The fourth-order valence-electron chi connectivity index (χ4n) is 2.10. The Morgan fingerprint density at radius 3 is 2.88 bits per heavy atom. The van der Waals surface area contributed by atoms with Crippen LogP contribution >= 0.6 is 11.3 Å². The molecule has 0 aromatic carbocycles. The quantitative estimate of drug-likeness (QED) is 0.761. The summed E-state index contributed by atoms with van der Waals surface area (Å²) >= 11 is 1.28. The lowest BCUT2D eigenvalue weighted by Gasteiger charge is -2.09. The number of ether oxygens (including phenoxy) is 2. The van der Waals surface area contributed by atoms with Crippen LogP contribution < -0.4 is 16.4 Å². The van der Waals surface area contributed by atoms with E-state index in [0.717, 1.165) is 0 Å². The van der Waals surface area contributed by atoms with Gasteiger partial charge < -0.3 is 25.8 Å². The minimum absolute atomic E-state index is 0.0426. The summed E-state index contributed by atoms with van der Waals surface area (Å²) in [4.78, 5) is 16.2. The van der Waals surface area contributed by atoms with Gasteiger partial charge in [-0.05, 0) is 23.6 Å². The van der Waals surface area contributed by atoms with Crippen molar-refractivity contribution in [1.29, 1.82) is 0 Å². The summed E-state index contributed by atoms with van der Waals surface area (Å²) in [5.74, 6) is 0.0940. The molecule has 24 heavy (non-hydrogen) atoms. The molecule has 1 aromatic rings. The van der Waals surface area contributed by atoms with E-state index in [9.17, 15) is 13.6 Å². The highest BCUT2D eigenvalue weighted by molar-refractivity contribution is 7.14. The maximum atomic E-state index is 13.0. The second kappa shape index (κ2) is 6.48. The first-order valence-corrected chi connectivity index (χ1v) is 7.87. The van der Waals surface area contributed by atoms with Crippen molar-refractivity contribution in [3.63, 3.8) is 0 Å². The molecule has 10 heteroatoms. The second-order valence-electron chi connectivity index (χ2n) is 4.85. The summed E-state index contributed by atoms with van der Waals surface area (Å²) < 4.78 is 34.9. The van der Waals surface area contributed by atoms with Gasteiger partial charge in [0.2, 0.25) is 0 Å². The zero-order chi connectivity index (χ0) is 17.2. The average Bonchev–Trinajstić information content (AvgIpc) is 3.07. The van der Waals surface area contributed by atoms with Gasteiger partial charge in [0.25, 0.3) is 5.91 Å². The molecule has 0 saturated carbocycles. The lowest BCUT2D eigenvalue weighted by Crippen LogP contribution is -2.37. The largest absolute Gasteiger partial charge is 0.586 e. The Morgan fingerprint density at radius 2 is 2.17 bits per heavy atom. The highest BCUT2D eigenvalue weighted by Gasteiger charge is 2.45. The Bertz CT molecular complexity index is 742. The molecule has 1 saturated heterocycles. The molecule has 0 atom stereocenters. The van der Waals surface area contributed by atoms with E-state index in [0.29, 0.717) is 16.4 Å². The summed E-state index contributed by atoms with van der Waals surface area (Å²) in [7, 11) is 0. The number of carbonyl (C=O) groups is 1. The molecular weight excluding hydrogens is 342 g/mol. The highest BCUT2D eigenvalue weighted by atomic mass is 32.1. The van der Waals surface area contributed by atoms with Gasteiger partial charge in [0.05, 0.1) is 23.7 Å². The summed E-state index contributed by atoms with van der Waals surface area (Å²) in [6.45, 7) is 0.449. The van der Waals surface area contributed by atoms with E-state index in [1.807, 2.05) is 0 Å². The Hall–Kier alpha value is -2.62. The molecule has 128 valence electrons. The Balaban J connectivity index is 1.62. The molecule has 0 radical (unpaired) electrons. The van der Waals surface area contributed by atoms with Gasteiger partial charge in [0.15, 0.2) is 11.5 Å². The number of amidine groups is 1. The number of thiophene rings is 1. The number of anilines is 1. The number of aliphatic imine (C=N–C) groups is 1. The van der Waals surface area contributed by atoms with Gasteiger partial charge in [-0.2, -0.15) is 0 Å². The van der Waals surface area contributed by atoms with Crippen molar-refractivity contribution in [3.8, 4) is 0 Å². The van der Waals surface area contributed by atoms with Crippen LogP contribution in [0.5, 0.6) is 0 Å². The molecule has 7 nitrogen and oxygen atoms in total. The molecular formula is C14H14F2N4O3S. The molecule has 3 heterocycles. The van der Waals surface area contributed by atoms with Crippen LogP contribution in [0.1, 0.15) is 10.4 Å². The summed E-state index contributed by atoms with van der Waals surface area (Å²) in [5, 5.41) is 7.80. The fraction of sp³-hybridized carbons (Fsp3) is 0.286. The van der Waals surface area contributed by atoms with Crippen LogP contribution in [0.15, 0.2) is 40.1 Å². The molecule has 2 aliphatic rings. The molecule has 1 fully saturated rings. The van der Waals surface area contributed by atoms with Crippen molar-refractivity contribution in [3.05, 3.63) is 40.7 Å². The number of nitrogen functional groups attached to an aromatic ring is 1. The van der Waals surface area contributed by atoms with Crippen LogP contribution in [-0.2, 0) is 9.47 Å². The standard InChI is InChI=1S/C14H14F2N4O3S/c15-14(16)22-9-1-4-18-11(19-5-2-10(9)23-14)7-20-13(21)8-3-6-24-12(8)17/h1-3,6H,4-5,7,17H2,(H,18,19)(H,20,21)/b9-1+,10-2+. The van der Waals surface area contributed by atoms with Crippen molar-refractivity contribution in [2.45, 2.75) is 6.29 Å². The normalized spacial score (nSPS) is 23.3. The minimum atomic E-state index is -3.65. The first-order valence-electron chi connectivity index (χ1n) is 6.99. The molecule has 0 spiro atoms. The van der Waals surface area contributed by atoms with Crippen LogP contribution in [0, 0.1) is 0 Å². The average molecular weight is 356 g/mol. The first-order chi connectivity index (χ1) is 11.4. The van der Waals surface area contributed by atoms with Gasteiger partial charge >= 0.3 is 6.29 Å². The van der Waals surface area contributed by atoms with Gasteiger partial charge in [-0.15, -0.1) is 20.1 Å². The molecule has 0 unspecified atom stereocenters. The number of carbonyl (C=O) groups excluding carboxylic acids is 1. The number of fused-ring (bicyclic) bond motifs is 1. The third-order valence-corrected chi connectivity index (χ3v) is 3.96. The first kappa shape index (κ1) is 16.2. The number of rotatable bonds is 3. The predicted molar refractivity (Wildman–Crippen MR) is 84.7 cm³/mol. The molecule has 3 rings (SSSR count). The highest BCUT2D eigenvalue weighted by Crippen LogP contribution is 2.36. The van der Waals surface area contributed by atoms with Crippen LogP contribution in [0.4, 0.5) is 13.8 Å². The number of nitrogens with one attached hydrogen (secondary N) is 2. The monoisotopic (exact) mass is 356 g/mol. The van der Waals surface area contributed by atoms with E-state index in [4.69, 9.17) is 5.73 Å². The lowest BCUT2D eigenvalue weighted by atomic mass is 10.3. The van der Waals surface area contributed by atoms with Crippen molar-refractivity contribution in [1.82, 2.24) is 10.6 Å². The van der Waals surface area contributed by atoms with E-state index in [1.165, 1.54) is 23.5 Å². The topological polar surface area (TPSA) is 98.0 Å². The van der Waals surface area contributed by atoms with Crippen molar-refractivity contribution >= 4 is 28.1 Å². The number of amides is 1. The van der Waals surface area contributed by atoms with Crippen LogP contribution in [0.25, 0.3) is 0 Å². The van der Waals surface area contributed by atoms with Crippen molar-refractivity contribution in [2.75, 3.05) is 25.4 Å². The van der Waals surface area contributed by atoms with Crippen LogP contribution in [-0.4, -0.2) is 37.7 Å². The smallest absolute Gasteiger partial charge is 0.396 e. The summed E-state index contributed by atoms with van der Waals surface area (Å²) in [5.41, 5.74) is 6.11. The lowest BCUT2D eigenvalue weighted by molar-refractivity contribution is -0.326. The maximum absolute atomic E-state index is 13.0. The van der Waals surface area contributed by atoms with Gasteiger partial charge in [-0.25, -0.2) is 0 Å². The number of alkyl halides is 2. The van der Waals surface area contributed by atoms with E-state index in [-0.39, 0.29) is 37.1 Å². The van der Waals surface area contributed by atoms with Gasteiger partial charge in [0, 0.05) is 6.54 Å². The summed E-state index contributed by atoms with van der Waals surface area (Å²) in [6, 6.07) is 1.64. The SMILES string of the molecule is Nc1sccc1C(=O)NCC1=NC/C=C2/OC(F)(F)O/C2=C/CN1. The second-order valence-corrected chi connectivity index (χ2v) is 5.80. The fourth-order valence-corrected chi connectivity index (χ4v) is 2.74. The van der Waals surface area contributed by atoms with Crippen molar-refractivity contribution in [2.24, 2.45) is 4.99 Å². The zero-order valence-corrected chi connectivity index (χ0v) is 13.2. The number of nitrogens with two attached hydrogens (primary N) is 1.